The summed E-state index contributed by atoms with van der Waals surface area (Å²) in [4.78, 5) is 15.6. The predicted molar refractivity (Wildman–Crippen MR) is 87.3 cm³/mol. The first-order valence-corrected chi connectivity index (χ1v) is 7.79. The first-order valence-electron chi connectivity index (χ1n) is 6.18. The van der Waals surface area contributed by atoms with Gasteiger partial charge in [-0.15, -0.1) is 0 Å². The van der Waals surface area contributed by atoms with Crippen LogP contribution in [0.4, 0.5) is 5.69 Å². The van der Waals surface area contributed by atoms with Gasteiger partial charge in [-0.3, -0.25) is 4.79 Å². The SMILES string of the molecule is CN1/C(=C/C(=O)c2ccccc2Br)Sc2ccccc21. The molecular formula is C16H12BrNOS. The lowest BCUT2D eigenvalue weighted by molar-refractivity contribution is 0.104. The summed E-state index contributed by atoms with van der Waals surface area (Å²) >= 11 is 5.04. The molecule has 3 rings (SSSR count). The number of ketones is 1. The highest BCUT2D eigenvalue weighted by Gasteiger charge is 2.22. The van der Waals surface area contributed by atoms with Crippen LogP contribution in [0.15, 0.2) is 69.0 Å². The van der Waals surface area contributed by atoms with Crippen molar-refractivity contribution in [1.29, 1.82) is 0 Å². The molecule has 0 spiro atoms. The predicted octanol–water partition coefficient (Wildman–Crippen LogP) is 4.72. The molecule has 0 N–H and O–H groups in total. The van der Waals surface area contributed by atoms with E-state index in [1.165, 1.54) is 4.90 Å². The first kappa shape index (κ1) is 13.5. The van der Waals surface area contributed by atoms with Crippen molar-refractivity contribution in [2.24, 2.45) is 0 Å². The maximum Gasteiger partial charge on any atom is 0.189 e. The lowest BCUT2D eigenvalue weighted by Crippen LogP contribution is -2.11. The molecule has 2 nitrogen and oxygen atoms in total. The van der Waals surface area contributed by atoms with Crippen LogP contribution >= 0.6 is 27.7 Å². The van der Waals surface area contributed by atoms with Gasteiger partial charge in [-0.2, -0.15) is 0 Å². The molecular weight excluding hydrogens is 334 g/mol. The molecule has 1 heterocycles. The molecule has 0 atom stereocenters. The number of anilines is 1. The van der Waals surface area contributed by atoms with Crippen LogP contribution in [0.2, 0.25) is 0 Å². The molecule has 2 aromatic carbocycles. The summed E-state index contributed by atoms with van der Waals surface area (Å²) in [6.07, 6.45) is 1.70. The number of carbonyl (C=O) groups excluding carboxylic acids is 1. The second-order valence-electron chi connectivity index (χ2n) is 4.46. The Bertz CT molecular complexity index is 711. The Hall–Kier alpha value is -1.52. The average Bonchev–Trinajstić information content (AvgIpc) is 2.76. The van der Waals surface area contributed by atoms with E-state index in [0.29, 0.717) is 5.56 Å². The molecule has 20 heavy (non-hydrogen) atoms. The van der Waals surface area contributed by atoms with Gasteiger partial charge in [-0.1, -0.05) is 52.0 Å². The topological polar surface area (TPSA) is 20.3 Å². The molecule has 0 amide bonds. The van der Waals surface area contributed by atoms with Crippen molar-refractivity contribution in [2.75, 3.05) is 11.9 Å². The maximum absolute atomic E-state index is 12.4. The molecule has 4 heteroatoms. The van der Waals surface area contributed by atoms with Gasteiger partial charge in [0.25, 0.3) is 0 Å². The van der Waals surface area contributed by atoms with E-state index in [2.05, 4.69) is 33.0 Å². The molecule has 0 fully saturated rings. The maximum atomic E-state index is 12.4. The molecule has 0 aliphatic carbocycles. The number of benzene rings is 2. The fraction of sp³-hybridized carbons (Fsp3) is 0.0625. The Kier molecular flexibility index (Phi) is 3.68. The Morgan fingerprint density at radius 1 is 1.15 bits per heavy atom. The van der Waals surface area contributed by atoms with Crippen molar-refractivity contribution in [3.05, 3.63) is 69.7 Å². The summed E-state index contributed by atoms with van der Waals surface area (Å²) in [6.45, 7) is 0. The molecule has 0 saturated carbocycles. The Morgan fingerprint density at radius 2 is 1.85 bits per heavy atom. The van der Waals surface area contributed by atoms with Crippen LogP contribution in [0.5, 0.6) is 0 Å². The number of hydrogen-bond donors (Lipinski definition) is 0. The summed E-state index contributed by atoms with van der Waals surface area (Å²) in [7, 11) is 1.98. The molecule has 1 aliphatic heterocycles. The number of halogens is 1. The van der Waals surface area contributed by atoms with Gasteiger partial charge in [0.1, 0.15) is 0 Å². The van der Waals surface area contributed by atoms with Gasteiger partial charge in [-0.05, 0) is 24.3 Å². The minimum Gasteiger partial charge on any atom is -0.338 e. The third-order valence-corrected chi connectivity index (χ3v) is 5.02. The molecule has 0 bridgehead atoms. The van der Waals surface area contributed by atoms with Crippen LogP contribution in [0.25, 0.3) is 0 Å². The first-order chi connectivity index (χ1) is 9.66. The van der Waals surface area contributed by atoms with Crippen LogP contribution in [0.1, 0.15) is 10.4 Å². The molecule has 0 aromatic heterocycles. The van der Waals surface area contributed by atoms with E-state index in [9.17, 15) is 4.79 Å². The van der Waals surface area contributed by atoms with E-state index >= 15 is 0 Å². The van der Waals surface area contributed by atoms with Gasteiger partial charge in [0.05, 0.1) is 10.7 Å². The minimum atomic E-state index is 0.0135. The molecule has 0 saturated heterocycles. The molecule has 100 valence electrons. The van der Waals surface area contributed by atoms with Gasteiger partial charge in [0.15, 0.2) is 5.78 Å². The van der Waals surface area contributed by atoms with E-state index in [-0.39, 0.29) is 5.78 Å². The zero-order valence-electron chi connectivity index (χ0n) is 10.8. The Labute approximate surface area is 130 Å². The third-order valence-electron chi connectivity index (χ3n) is 3.17. The number of fused-ring (bicyclic) bond motifs is 1. The second kappa shape index (κ2) is 5.46. The van der Waals surface area contributed by atoms with Crippen LogP contribution in [0, 0.1) is 0 Å². The highest BCUT2D eigenvalue weighted by atomic mass is 79.9. The van der Waals surface area contributed by atoms with E-state index in [1.807, 2.05) is 43.4 Å². The highest BCUT2D eigenvalue weighted by molar-refractivity contribution is 9.10. The van der Waals surface area contributed by atoms with Crippen LogP contribution < -0.4 is 4.90 Å². The van der Waals surface area contributed by atoms with E-state index < -0.39 is 0 Å². The number of thioether (sulfide) groups is 1. The zero-order valence-corrected chi connectivity index (χ0v) is 13.2. The van der Waals surface area contributed by atoms with Gasteiger partial charge in [0, 0.05) is 28.1 Å². The quantitative estimate of drug-likeness (QED) is 0.580. The van der Waals surface area contributed by atoms with Crippen molar-refractivity contribution in [3.8, 4) is 0 Å². The standard InChI is InChI=1S/C16H12BrNOS/c1-18-13-8-4-5-9-15(13)20-16(18)10-14(19)11-6-2-3-7-12(11)17/h2-10H,1H3/b16-10-. The number of allylic oxidation sites excluding steroid dienone is 1. The fourth-order valence-corrected chi connectivity index (χ4v) is 3.66. The number of carbonyl (C=O) groups is 1. The summed E-state index contributed by atoms with van der Waals surface area (Å²) in [5, 5.41) is 0.951. The van der Waals surface area contributed by atoms with Crippen LogP contribution in [-0.2, 0) is 0 Å². The third kappa shape index (κ3) is 2.41. The summed E-state index contributed by atoms with van der Waals surface area (Å²) < 4.78 is 0.824. The van der Waals surface area contributed by atoms with E-state index in [4.69, 9.17) is 0 Å². The van der Waals surface area contributed by atoms with Crippen LogP contribution in [0.3, 0.4) is 0 Å². The van der Waals surface area contributed by atoms with Gasteiger partial charge in [-0.25, -0.2) is 0 Å². The molecule has 0 radical (unpaired) electrons. The van der Waals surface area contributed by atoms with E-state index in [1.54, 1.807) is 17.8 Å². The van der Waals surface area contributed by atoms with Crippen molar-refractivity contribution in [2.45, 2.75) is 4.90 Å². The lowest BCUT2D eigenvalue weighted by atomic mass is 10.1. The largest absolute Gasteiger partial charge is 0.338 e. The number of rotatable bonds is 2. The second-order valence-corrected chi connectivity index (χ2v) is 6.37. The summed E-state index contributed by atoms with van der Waals surface area (Å²) in [5.41, 5.74) is 1.83. The lowest BCUT2D eigenvalue weighted by Gasteiger charge is -2.13. The monoisotopic (exact) mass is 345 g/mol. The fourth-order valence-electron chi connectivity index (χ4n) is 2.10. The van der Waals surface area contributed by atoms with Gasteiger partial charge >= 0.3 is 0 Å². The normalized spacial score (nSPS) is 15.5. The van der Waals surface area contributed by atoms with Gasteiger partial charge < -0.3 is 4.90 Å². The highest BCUT2D eigenvalue weighted by Crippen LogP contribution is 2.44. The molecule has 0 unspecified atom stereocenters. The summed E-state index contributed by atoms with van der Waals surface area (Å²) in [5.74, 6) is 0.0135. The number of nitrogens with zero attached hydrogens (tertiary/aromatic N) is 1. The summed E-state index contributed by atoms with van der Waals surface area (Å²) in [6, 6.07) is 15.6. The Balaban J connectivity index is 1.92. The average molecular weight is 346 g/mol. The smallest absolute Gasteiger partial charge is 0.189 e. The van der Waals surface area contributed by atoms with Crippen molar-refractivity contribution >= 4 is 39.2 Å². The van der Waals surface area contributed by atoms with Crippen molar-refractivity contribution in [1.82, 2.24) is 0 Å². The number of hydrogen-bond acceptors (Lipinski definition) is 3. The molecule has 1 aliphatic rings. The van der Waals surface area contributed by atoms with E-state index in [0.717, 1.165) is 15.2 Å². The zero-order chi connectivity index (χ0) is 14.1. The molecule has 2 aromatic rings. The van der Waals surface area contributed by atoms with Crippen molar-refractivity contribution < 1.29 is 4.79 Å². The van der Waals surface area contributed by atoms with Crippen molar-refractivity contribution in [3.63, 3.8) is 0 Å². The van der Waals surface area contributed by atoms with Crippen LogP contribution in [-0.4, -0.2) is 12.8 Å². The Morgan fingerprint density at radius 3 is 2.60 bits per heavy atom. The number of para-hydroxylation sites is 1. The minimum absolute atomic E-state index is 0.0135. The van der Waals surface area contributed by atoms with Gasteiger partial charge in [0.2, 0.25) is 0 Å².